The van der Waals surface area contributed by atoms with Crippen LogP contribution in [0.1, 0.15) is 107 Å². The smallest absolute Gasteiger partial charge is 0.187 e. The van der Waals surface area contributed by atoms with Gasteiger partial charge < -0.3 is 120 Å². The molecular weight excluding hydrogens is 1030 g/mol. The monoisotopic (exact) mass is 1120 g/mol. The zero-order valence-corrected chi connectivity index (χ0v) is 46.1. The summed E-state index contributed by atoms with van der Waals surface area (Å²) in [4.78, 5) is 0. The van der Waals surface area contributed by atoms with Gasteiger partial charge in [0.1, 0.15) is 97.7 Å². The summed E-state index contributed by atoms with van der Waals surface area (Å²) in [5, 5.41) is 174. The Hall–Kier alpha value is -1.22. The lowest BCUT2D eigenvalue weighted by Gasteiger charge is -2.69. The Labute approximate surface area is 455 Å². The van der Waals surface area contributed by atoms with Crippen molar-refractivity contribution in [1.82, 2.24) is 0 Å². The highest BCUT2D eigenvalue weighted by Gasteiger charge is 2.73. The van der Waals surface area contributed by atoms with E-state index in [1.807, 2.05) is 34.6 Å². The standard InChI is InChI=1S/C54H92O24/c1-22(2)10-9-14-53(7,78-48-43(70)39(66)36(63)29(75-48)21-71-46-41(68)37(64)33(60)26(18-55)72-46)31-13-15-52(6)23-11-12-30-50(3,4)45(25(58)17-51(30,5)24(23)16-32(59)54(31,52)8)77-49-44(40(67)35(62)28(20-57)74-49)76-47-42(69)38(65)34(61)27(19-56)73-47/h10,23-49,55-70H,9,11-21H2,1-8H3/t23-,24+,25-,26-,27-,28-,29-,30+,31-,32-,33-,34-,35-,36-,37+,38+,39+,40+,41-,42-,43-,44-,45+,46-,47+,48+,49+,51-,52+,53+,54+/m1/s1. The van der Waals surface area contributed by atoms with Gasteiger partial charge in [-0.1, -0.05) is 46.3 Å². The summed E-state index contributed by atoms with van der Waals surface area (Å²) < 4.78 is 48.6. The minimum Gasteiger partial charge on any atom is -0.394 e. The van der Waals surface area contributed by atoms with Gasteiger partial charge in [0, 0.05) is 5.41 Å². The molecule has 0 aromatic carbocycles. The third-order valence-corrected chi connectivity index (χ3v) is 20.9. The molecule has 78 heavy (non-hydrogen) atoms. The fraction of sp³-hybridized carbons (Fsp3) is 0.963. The Kier molecular flexibility index (Phi) is 19.1. The van der Waals surface area contributed by atoms with Crippen LogP contribution in [-0.4, -0.2) is 255 Å². The first-order valence-electron chi connectivity index (χ1n) is 28.0. The molecule has 24 nitrogen and oxygen atoms in total. The third kappa shape index (κ3) is 10.7. The summed E-state index contributed by atoms with van der Waals surface area (Å²) in [6.45, 7) is 13.6. The van der Waals surface area contributed by atoms with Crippen molar-refractivity contribution in [3.05, 3.63) is 11.6 Å². The summed E-state index contributed by atoms with van der Waals surface area (Å²) in [7, 11) is 0. The Bertz CT molecular complexity index is 2030. The molecule has 0 amide bonds. The van der Waals surface area contributed by atoms with Gasteiger partial charge in [0.15, 0.2) is 25.2 Å². The maximum Gasteiger partial charge on any atom is 0.187 e. The largest absolute Gasteiger partial charge is 0.394 e. The van der Waals surface area contributed by atoms with Crippen molar-refractivity contribution < 1.29 is 120 Å². The Morgan fingerprint density at radius 2 is 1.09 bits per heavy atom. The molecule has 452 valence electrons. The van der Waals surface area contributed by atoms with Gasteiger partial charge in [-0.15, -0.1) is 0 Å². The second kappa shape index (κ2) is 23.7. The molecule has 4 saturated heterocycles. The van der Waals surface area contributed by atoms with Crippen molar-refractivity contribution in [2.24, 2.45) is 45.3 Å². The van der Waals surface area contributed by atoms with Crippen LogP contribution in [0.15, 0.2) is 11.6 Å². The second-order valence-corrected chi connectivity index (χ2v) is 25.8. The van der Waals surface area contributed by atoms with Gasteiger partial charge in [0.25, 0.3) is 0 Å². The van der Waals surface area contributed by atoms with Gasteiger partial charge in [-0.05, 0) is 112 Å². The van der Waals surface area contributed by atoms with E-state index in [2.05, 4.69) is 26.8 Å². The molecule has 8 aliphatic rings. The van der Waals surface area contributed by atoms with E-state index in [1.54, 1.807) is 0 Å². The fourth-order valence-corrected chi connectivity index (χ4v) is 16.4. The van der Waals surface area contributed by atoms with Crippen molar-refractivity contribution in [3.8, 4) is 0 Å². The zero-order chi connectivity index (χ0) is 57.5. The van der Waals surface area contributed by atoms with Crippen molar-refractivity contribution in [3.63, 3.8) is 0 Å². The number of aliphatic hydroxyl groups is 16. The van der Waals surface area contributed by atoms with Crippen molar-refractivity contribution >= 4 is 0 Å². The first-order chi connectivity index (χ1) is 36.5. The number of hydrogen-bond donors (Lipinski definition) is 16. The Morgan fingerprint density at radius 3 is 1.67 bits per heavy atom. The maximum atomic E-state index is 13.0. The summed E-state index contributed by atoms with van der Waals surface area (Å²) in [6, 6.07) is 0. The van der Waals surface area contributed by atoms with Gasteiger partial charge in [0.2, 0.25) is 0 Å². The summed E-state index contributed by atoms with van der Waals surface area (Å²) in [5.41, 5.74) is -2.82. The van der Waals surface area contributed by atoms with E-state index in [-0.39, 0.29) is 30.1 Å². The quantitative estimate of drug-likeness (QED) is 0.0534. The summed E-state index contributed by atoms with van der Waals surface area (Å²) in [5.74, 6) is -0.556. The normalized spacial score (nSPS) is 53.1. The summed E-state index contributed by atoms with van der Waals surface area (Å²) in [6.07, 6.45) is -29.4. The molecule has 8 fully saturated rings. The van der Waals surface area contributed by atoms with Crippen molar-refractivity contribution in [1.29, 1.82) is 0 Å². The van der Waals surface area contributed by atoms with Crippen LogP contribution in [0.25, 0.3) is 0 Å². The summed E-state index contributed by atoms with van der Waals surface area (Å²) >= 11 is 0. The number of ether oxygens (including phenoxy) is 8. The molecule has 0 aromatic rings. The molecule has 16 N–H and O–H groups in total. The molecule has 0 radical (unpaired) electrons. The molecule has 0 spiro atoms. The lowest BCUT2D eigenvalue weighted by atomic mass is 9.37. The molecule has 8 rings (SSSR count). The van der Waals surface area contributed by atoms with Crippen molar-refractivity contribution in [2.75, 3.05) is 26.4 Å². The number of aliphatic hydroxyl groups excluding tert-OH is 16. The average molecular weight is 1130 g/mol. The first-order valence-corrected chi connectivity index (χ1v) is 28.0. The first kappa shape index (κ1) is 62.8. The van der Waals surface area contributed by atoms with E-state index in [9.17, 15) is 81.7 Å². The molecule has 31 atom stereocenters. The van der Waals surface area contributed by atoms with E-state index < -0.39 is 195 Å². The van der Waals surface area contributed by atoms with Crippen LogP contribution in [0.4, 0.5) is 0 Å². The second-order valence-electron chi connectivity index (χ2n) is 25.8. The topological polar surface area (TPSA) is 398 Å². The van der Waals surface area contributed by atoms with Crippen LogP contribution in [0, 0.1) is 45.3 Å². The van der Waals surface area contributed by atoms with Crippen molar-refractivity contribution in [2.45, 2.75) is 253 Å². The van der Waals surface area contributed by atoms with Crippen LogP contribution >= 0.6 is 0 Å². The number of rotatable bonds is 16. The highest BCUT2D eigenvalue weighted by molar-refractivity contribution is 5.21. The van der Waals surface area contributed by atoms with Crippen LogP contribution in [0.2, 0.25) is 0 Å². The maximum absolute atomic E-state index is 13.0. The Balaban J connectivity index is 1.02. The molecule has 4 aliphatic carbocycles. The minimum absolute atomic E-state index is 0.0389. The van der Waals surface area contributed by atoms with Gasteiger partial charge in [-0.3, -0.25) is 0 Å². The number of hydrogen-bond acceptors (Lipinski definition) is 24. The lowest BCUT2D eigenvalue weighted by molar-refractivity contribution is -0.383. The molecule has 4 aliphatic heterocycles. The SMILES string of the molecule is CC(C)=CCC[C@](C)(O[C@@H]1O[C@H](CO[C@@H]2O[C@H](CO)[C@@H](O)[C@H](O)[C@H]2O)[C@@H](O)[C@H](O)[C@H]1O)[C@H]1CC[C@@]2(C)[C@@H]3CC[C@H]4C(C)(C)[C@@H](O[C@@H]5O[C@H](CO)[C@@H](O)[C@H](O)[C@H]5O[C@@H]5O[C@H](CO)[C@@H](O)[C@H](O)[C@H]5O)[C@H](O)C[C@]4(C)[C@H]3C[C@@H](O)[C@]12C. The average Bonchev–Trinajstić information content (AvgIpc) is 3.04. The molecular formula is C54H92O24. The van der Waals surface area contributed by atoms with E-state index >= 15 is 0 Å². The Morgan fingerprint density at radius 1 is 0.577 bits per heavy atom. The molecule has 4 heterocycles. The van der Waals surface area contributed by atoms with E-state index in [4.69, 9.17) is 37.9 Å². The fourth-order valence-electron chi connectivity index (χ4n) is 16.4. The van der Waals surface area contributed by atoms with Crippen LogP contribution in [-0.2, 0) is 37.9 Å². The van der Waals surface area contributed by atoms with Crippen LogP contribution < -0.4 is 0 Å². The van der Waals surface area contributed by atoms with Gasteiger partial charge in [-0.2, -0.15) is 0 Å². The number of allylic oxidation sites excluding steroid dienone is 2. The zero-order valence-electron chi connectivity index (χ0n) is 46.1. The molecule has 4 saturated carbocycles. The highest BCUT2D eigenvalue weighted by atomic mass is 16.8. The van der Waals surface area contributed by atoms with E-state index in [1.165, 1.54) is 0 Å². The van der Waals surface area contributed by atoms with E-state index in [0.717, 1.165) is 12.0 Å². The van der Waals surface area contributed by atoms with Crippen LogP contribution in [0.3, 0.4) is 0 Å². The van der Waals surface area contributed by atoms with Gasteiger partial charge >= 0.3 is 0 Å². The van der Waals surface area contributed by atoms with Gasteiger partial charge in [-0.25, -0.2) is 0 Å². The predicted octanol–water partition coefficient (Wildman–Crippen LogP) is -3.23. The minimum atomic E-state index is -1.87. The van der Waals surface area contributed by atoms with Crippen LogP contribution in [0.5, 0.6) is 0 Å². The van der Waals surface area contributed by atoms with Gasteiger partial charge in [0.05, 0.1) is 50.3 Å². The molecule has 24 heteroatoms. The van der Waals surface area contributed by atoms with E-state index in [0.29, 0.717) is 38.5 Å². The molecule has 0 bridgehead atoms. The number of fused-ring (bicyclic) bond motifs is 5. The lowest BCUT2D eigenvalue weighted by Crippen LogP contribution is -2.69. The molecule has 0 aromatic heterocycles. The highest BCUT2D eigenvalue weighted by Crippen LogP contribution is 2.75. The predicted molar refractivity (Wildman–Crippen MR) is 268 cm³/mol. The molecule has 0 unspecified atom stereocenters. The third-order valence-electron chi connectivity index (χ3n) is 20.9.